The molecule has 2 aromatic carbocycles. The number of imide groups is 1. The molecule has 2 aliphatic rings. The number of anilines is 2. The summed E-state index contributed by atoms with van der Waals surface area (Å²) in [4.78, 5) is 40.4. The largest absolute Gasteiger partial charge is 0.322 e. The quantitative estimate of drug-likeness (QED) is 0.631. The lowest BCUT2D eigenvalue weighted by Crippen LogP contribution is -2.33. The van der Waals surface area contributed by atoms with E-state index < -0.39 is 0 Å². The van der Waals surface area contributed by atoms with Crippen molar-refractivity contribution < 1.29 is 14.4 Å². The van der Waals surface area contributed by atoms with Gasteiger partial charge in [-0.2, -0.15) is 0 Å². The van der Waals surface area contributed by atoms with Crippen LogP contribution in [0.3, 0.4) is 0 Å². The van der Waals surface area contributed by atoms with Crippen LogP contribution in [-0.4, -0.2) is 17.7 Å². The SMILES string of the molecule is Cc1ccc(NC(=O)c2ccccc2N2C(=O)[C@@H]3[C@@H](C)C=CC[C@H]3C2=O)cc1C. The molecule has 1 aliphatic carbocycles. The first kappa shape index (κ1) is 19.1. The van der Waals surface area contributed by atoms with Gasteiger partial charge in [-0.1, -0.05) is 37.3 Å². The first-order valence-corrected chi connectivity index (χ1v) is 9.90. The molecule has 1 aliphatic heterocycles. The number of hydrogen-bond donors (Lipinski definition) is 1. The molecular formula is C24H24N2O3. The Hall–Kier alpha value is -3.21. The molecule has 148 valence electrons. The van der Waals surface area contributed by atoms with Crippen molar-refractivity contribution in [2.24, 2.45) is 17.8 Å². The van der Waals surface area contributed by atoms with E-state index in [9.17, 15) is 14.4 Å². The van der Waals surface area contributed by atoms with Gasteiger partial charge in [-0.3, -0.25) is 14.4 Å². The molecule has 29 heavy (non-hydrogen) atoms. The number of carbonyl (C=O) groups is 3. The van der Waals surface area contributed by atoms with E-state index in [4.69, 9.17) is 0 Å². The molecule has 3 amide bonds. The lowest BCUT2D eigenvalue weighted by Gasteiger charge is -2.22. The van der Waals surface area contributed by atoms with Crippen LogP contribution in [0.2, 0.25) is 0 Å². The van der Waals surface area contributed by atoms with Gasteiger partial charge in [0, 0.05) is 5.69 Å². The van der Waals surface area contributed by atoms with Crippen LogP contribution in [-0.2, 0) is 9.59 Å². The predicted molar refractivity (Wildman–Crippen MR) is 113 cm³/mol. The van der Waals surface area contributed by atoms with Gasteiger partial charge in [-0.25, -0.2) is 4.90 Å². The summed E-state index contributed by atoms with van der Waals surface area (Å²) < 4.78 is 0. The molecule has 5 heteroatoms. The van der Waals surface area contributed by atoms with Crippen molar-refractivity contribution in [2.75, 3.05) is 10.2 Å². The Bertz CT molecular complexity index is 1040. The minimum atomic E-state index is -0.358. The molecule has 5 nitrogen and oxygen atoms in total. The number of amides is 3. The number of aryl methyl sites for hydroxylation is 2. The van der Waals surface area contributed by atoms with E-state index in [1.165, 1.54) is 4.90 Å². The predicted octanol–water partition coefficient (Wildman–Crippen LogP) is 4.26. The fourth-order valence-electron chi connectivity index (χ4n) is 4.26. The number of carbonyl (C=O) groups excluding carboxylic acids is 3. The average Bonchev–Trinajstić information content (AvgIpc) is 2.96. The summed E-state index contributed by atoms with van der Waals surface area (Å²) >= 11 is 0. The number of allylic oxidation sites excluding steroid dienone is 2. The maximum absolute atomic E-state index is 13.1. The number of fused-ring (bicyclic) bond motifs is 1. The van der Waals surface area contributed by atoms with Crippen molar-refractivity contribution in [3.05, 3.63) is 71.3 Å². The van der Waals surface area contributed by atoms with Crippen LogP contribution in [0.4, 0.5) is 11.4 Å². The second-order valence-corrected chi connectivity index (χ2v) is 7.94. The van der Waals surface area contributed by atoms with Crippen LogP contribution < -0.4 is 10.2 Å². The summed E-state index contributed by atoms with van der Waals surface area (Å²) in [5, 5.41) is 2.89. The molecular weight excluding hydrogens is 364 g/mol. The highest BCUT2D eigenvalue weighted by Crippen LogP contribution is 2.41. The van der Waals surface area contributed by atoms with Crippen LogP contribution in [0.15, 0.2) is 54.6 Å². The number of nitrogens with zero attached hydrogens (tertiary/aromatic N) is 1. The number of nitrogens with one attached hydrogen (secondary N) is 1. The molecule has 0 radical (unpaired) electrons. The standard InChI is InChI=1S/C24H24N2O3/c1-14-11-12-17(13-16(14)3)25-22(27)18-8-4-5-10-20(18)26-23(28)19-9-6-7-15(2)21(19)24(26)29/h4-8,10-13,15,19,21H,9H2,1-3H3,(H,25,27)/t15-,19+,21+/m0/s1. The lowest BCUT2D eigenvalue weighted by molar-refractivity contribution is -0.122. The Morgan fingerprint density at radius 1 is 1.03 bits per heavy atom. The Morgan fingerprint density at radius 3 is 2.52 bits per heavy atom. The van der Waals surface area contributed by atoms with Crippen LogP contribution >= 0.6 is 0 Å². The first-order valence-electron chi connectivity index (χ1n) is 9.90. The summed E-state index contributed by atoms with van der Waals surface area (Å²) in [6, 6.07) is 12.5. The van der Waals surface area contributed by atoms with Gasteiger partial charge in [0.05, 0.1) is 23.1 Å². The highest BCUT2D eigenvalue weighted by molar-refractivity contribution is 6.25. The van der Waals surface area contributed by atoms with Gasteiger partial charge in [0.2, 0.25) is 11.8 Å². The van der Waals surface area contributed by atoms with Gasteiger partial charge in [0.15, 0.2) is 0 Å². The molecule has 4 rings (SSSR count). The lowest BCUT2D eigenvalue weighted by atomic mass is 9.78. The number of rotatable bonds is 3. The molecule has 0 aromatic heterocycles. The minimum absolute atomic E-state index is 0.00622. The molecule has 2 aromatic rings. The van der Waals surface area contributed by atoms with Gasteiger partial charge < -0.3 is 5.32 Å². The van der Waals surface area contributed by atoms with Gasteiger partial charge in [0.1, 0.15) is 0 Å². The molecule has 1 heterocycles. The van der Waals surface area contributed by atoms with Gasteiger partial charge in [-0.15, -0.1) is 0 Å². The van der Waals surface area contributed by atoms with Crippen molar-refractivity contribution in [3.63, 3.8) is 0 Å². The van der Waals surface area contributed by atoms with E-state index in [-0.39, 0.29) is 35.5 Å². The monoisotopic (exact) mass is 388 g/mol. The molecule has 0 bridgehead atoms. The molecule has 1 N–H and O–H groups in total. The second kappa shape index (κ2) is 7.32. The third kappa shape index (κ3) is 3.27. The zero-order valence-corrected chi connectivity index (χ0v) is 16.8. The third-order valence-electron chi connectivity index (χ3n) is 6.03. The summed E-state index contributed by atoms with van der Waals surface area (Å²) in [6.45, 7) is 5.95. The molecule has 0 saturated carbocycles. The van der Waals surface area contributed by atoms with Crippen molar-refractivity contribution >= 4 is 29.1 Å². The van der Waals surface area contributed by atoms with Gasteiger partial charge >= 0.3 is 0 Å². The summed E-state index contributed by atoms with van der Waals surface area (Å²) in [5.74, 6) is -1.48. The zero-order valence-electron chi connectivity index (χ0n) is 16.8. The van der Waals surface area contributed by atoms with Crippen molar-refractivity contribution in [3.8, 4) is 0 Å². The smallest absolute Gasteiger partial charge is 0.257 e. The van der Waals surface area contributed by atoms with Crippen LogP contribution in [0.5, 0.6) is 0 Å². The van der Waals surface area contributed by atoms with E-state index in [2.05, 4.69) is 5.32 Å². The highest BCUT2D eigenvalue weighted by atomic mass is 16.2. The number of para-hydroxylation sites is 1. The maximum Gasteiger partial charge on any atom is 0.257 e. The van der Waals surface area contributed by atoms with E-state index in [1.54, 1.807) is 24.3 Å². The minimum Gasteiger partial charge on any atom is -0.322 e. The van der Waals surface area contributed by atoms with Gasteiger partial charge in [0.25, 0.3) is 5.91 Å². The average molecular weight is 388 g/mol. The molecule has 0 spiro atoms. The fourth-order valence-corrected chi connectivity index (χ4v) is 4.26. The number of hydrogen-bond acceptors (Lipinski definition) is 3. The highest BCUT2D eigenvalue weighted by Gasteiger charge is 2.51. The molecule has 1 fully saturated rings. The van der Waals surface area contributed by atoms with Crippen LogP contribution in [0.1, 0.15) is 34.8 Å². The van der Waals surface area contributed by atoms with Crippen LogP contribution in [0, 0.1) is 31.6 Å². The molecule has 1 saturated heterocycles. The number of benzene rings is 2. The summed E-state index contributed by atoms with van der Waals surface area (Å²) in [5.41, 5.74) is 3.56. The summed E-state index contributed by atoms with van der Waals surface area (Å²) in [7, 11) is 0. The molecule has 3 atom stereocenters. The van der Waals surface area contributed by atoms with Crippen LogP contribution in [0.25, 0.3) is 0 Å². The van der Waals surface area contributed by atoms with E-state index in [0.29, 0.717) is 23.4 Å². The second-order valence-electron chi connectivity index (χ2n) is 7.94. The zero-order chi connectivity index (χ0) is 20.7. The third-order valence-corrected chi connectivity index (χ3v) is 6.03. The van der Waals surface area contributed by atoms with Crippen molar-refractivity contribution in [1.29, 1.82) is 0 Å². The summed E-state index contributed by atoms with van der Waals surface area (Å²) in [6.07, 6.45) is 4.53. The fraction of sp³-hybridized carbons (Fsp3) is 0.292. The first-order chi connectivity index (χ1) is 13.9. The van der Waals surface area contributed by atoms with Crippen molar-refractivity contribution in [1.82, 2.24) is 0 Å². The Kier molecular flexibility index (Phi) is 4.82. The Labute approximate surface area is 170 Å². The van der Waals surface area contributed by atoms with Gasteiger partial charge in [-0.05, 0) is 61.6 Å². The van der Waals surface area contributed by atoms with Crippen molar-refractivity contribution in [2.45, 2.75) is 27.2 Å². The Morgan fingerprint density at radius 2 is 1.79 bits per heavy atom. The molecule has 0 unspecified atom stereocenters. The Balaban J connectivity index is 1.66. The van der Waals surface area contributed by atoms with E-state index in [1.807, 2.05) is 51.1 Å². The normalized spacial score (nSPS) is 23.3. The van der Waals surface area contributed by atoms with E-state index in [0.717, 1.165) is 11.1 Å². The van der Waals surface area contributed by atoms with E-state index >= 15 is 0 Å². The topological polar surface area (TPSA) is 66.5 Å². The maximum atomic E-state index is 13.1.